The Bertz CT molecular complexity index is 534. The minimum atomic E-state index is 0.193. The lowest BCUT2D eigenvalue weighted by atomic mass is 10.0. The molecule has 0 bridgehead atoms. The highest BCUT2D eigenvalue weighted by molar-refractivity contribution is 14.1. The summed E-state index contributed by atoms with van der Waals surface area (Å²) in [5.41, 5.74) is 1.92. The Balaban J connectivity index is 2.01. The SMILES string of the molecule is Cn1cc(CCC(=O)c2ccccc2I)cn1. The number of rotatable bonds is 4. The topological polar surface area (TPSA) is 34.9 Å². The van der Waals surface area contributed by atoms with Gasteiger partial charge in [-0.15, -0.1) is 0 Å². The van der Waals surface area contributed by atoms with Gasteiger partial charge in [0.15, 0.2) is 5.78 Å². The largest absolute Gasteiger partial charge is 0.294 e. The average molecular weight is 340 g/mol. The minimum Gasteiger partial charge on any atom is -0.294 e. The van der Waals surface area contributed by atoms with Gasteiger partial charge in [0.2, 0.25) is 0 Å². The van der Waals surface area contributed by atoms with Gasteiger partial charge in [0.1, 0.15) is 0 Å². The van der Waals surface area contributed by atoms with Gasteiger partial charge in [-0.25, -0.2) is 0 Å². The maximum Gasteiger partial charge on any atom is 0.164 e. The number of halogens is 1. The second-order valence-corrected chi connectivity index (χ2v) is 5.09. The molecule has 0 aliphatic carbocycles. The monoisotopic (exact) mass is 340 g/mol. The van der Waals surface area contributed by atoms with Gasteiger partial charge in [-0.3, -0.25) is 9.48 Å². The number of nitrogens with zero attached hydrogens (tertiary/aromatic N) is 2. The Morgan fingerprint density at radius 2 is 2.18 bits per heavy atom. The standard InChI is InChI=1S/C13H13IN2O/c1-16-9-10(8-15-16)6-7-13(17)11-4-2-3-5-12(11)14/h2-5,8-9H,6-7H2,1H3. The molecule has 1 aromatic heterocycles. The molecule has 4 heteroatoms. The zero-order valence-corrected chi connectivity index (χ0v) is 11.7. The molecule has 0 spiro atoms. The number of ketones is 1. The van der Waals surface area contributed by atoms with Crippen LogP contribution < -0.4 is 0 Å². The van der Waals surface area contributed by atoms with Crippen molar-refractivity contribution in [1.29, 1.82) is 0 Å². The number of carbonyl (C=O) groups excluding carboxylic acids is 1. The molecule has 0 saturated heterocycles. The van der Waals surface area contributed by atoms with Crippen molar-refractivity contribution >= 4 is 28.4 Å². The summed E-state index contributed by atoms with van der Waals surface area (Å²) in [7, 11) is 1.88. The first-order chi connectivity index (χ1) is 8.16. The number of aromatic nitrogens is 2. The van der Waals surface area contributed by atoms with E-state index in [1.54, 1.807) is 4.68 Å². The fraction of sp³-hybridized carbons (Fsp3) is 0.231. The highest BCUT2D eigenvalue weighted by atomic mass is 127. The third-order valence-electron chi connectivity index (χ3n) is 2.57. The number of aryl methyl sites for hydroxylation is 2. The first-order valence-electron chi connectivity index (χ1n) is 5.42. The molecule has 0 radical (unpaired) electrons. The molecule has 0 aliphatic heterocycles. The molecule has 3 nitrogen and oxygen atoms in total. The van der Waals surface area contributed by atoms with Crippen molar-refractivity contribution in [3.8, 4) is 0 Å². The lowest BCUT2D eigenvalue weighted by Gasteiger charge is -2.02. The molecule has 2 aromatic rings. The van der Waals surface area contributed by atoms with Crippen LogP contribution in [0.2, 0.25) is 0 Å². The van der Waals surface area contributed by atoms with E-state index in [0.717, 1.165) is 21.1 Å². The summed E-state index contributed by atoms with van der Waals surface area (Å²) < 4.78 is 2.77. The van der Waals surface area contributed by atoms with Crippen LogP contribution in [0.3, 0.4) is 0 Å². The Morgan fingerprint density at radius 3 is 2.82 bits per heavy atom. The van der Waals surface area contributed by atoms with Crippen LogP contribution in [0.1, 0.15) is 22.3 Å². The van der Waals surface area contributed by atoms with Crippen molar-refractivity contribution in [2.45, 2.75) is 12.8 Å². The number of Topliss-reactive ketones (excluding diaryl/α,β-unsaturated/α-hetero) is 1. The van der Waals surface area contributed by atoms with Crippen molar-refractivity contribution in [2.24, 2.45) is 7.05 Å². The van der Waals surface area contributed by atoms with E-state index in [4.69, 9.17) is 0 Å². The molecule has 0 unspecified atom stereocenters. The fourth-order valence-corrected chi connectivity index (χ4v) is 2.37. The quantitative estimate of drug-likeness (QED) is 0.634. The highest BCUT2D eigenvalue weighted by Gasteiger charge is 2.09. The van der Waals surface area contributed by atoms with E-state index in [9.17, 15) is 4.79 Å². The number of carbonyl (C=O) groups is 1. The number of hydrogen-bond donors (Lipinski definition) is 0. The summed E-state index contributed by atoms with van der Waals surface area (Å²) in [4.78, 5) is 12.0. The third-order valence-corrected chi connectivity index (χ3v) is 3.51. The molecule has 0 fully saturated rings. The molecule has 88 valence electrons. The summed E-state index contributed by atoms with van der Waals surface area (Å²) in [6.07, 6.45) is 5.04. The van der Waals surface area contributed by atoms with Crippen LogP contribution in [0.25, 0.3) is 0 Å². The van der Waals surface area contributed by atoms with Crippen molar-refractivity contribution in [3.05, 3.63) is 51.4 Å². The van der Waals surface area contributed by atoms with Crippen molar-refractivity contribution < 1.29 is 4.79 Å². The van der Waals surface area contributed by atoms with Crippen LogP contribution in [0.5, 0.6) is 0 Å². The van der Waals surface area contributed by atoms with Crippen LogP contribution in [0, 0.1) is 3.57 Å². The molecule has 0 N–H and O–H groups in total. The molecular weight excluding hydrogens is 327 g/mol. The van der Waals surface area contributed by atoms with E-state index in [-0.39, 0.29) is 5.78 Å². The molecule has 1 aromatic carbocycles. The van der Waals surface area contributed by atoms with Gasteiger partial charge in [0.25, 0.3) is 0 Å². The van der Waals surface area contributed by atoms with Crippen molar-refractivity contribution in [3.63, 3.8) is 0 Å². The van der Waals surface area contributed by atoms with E-state index in [1.165, 1.54) is 0 Å². The maximum atomic E-state index is 12.0. The summed E-state index contributed by atoms with van der Waals surface area (Å²) in [5, 5.41) is 4.09. The number of benzene rings is 1. The van der Waals surface area contributed by atoms with Gasteiger partial charge < -0.3 is 0 Å². The Labute approximate surface area is 114 Å². The maximum absolute atomic E-state index is 12.0. The first kappa shape index (κ1) is 12.3. The molecule has 0 atom stereocenters. The van der Waals surface area contributed by atoms with Crippen LogP contribution in [-0.4, -0.2) is 15.6 Å². The van der Waals surface area contributed by atoms with Gasteiger partial charge in [0.05, 0.1) is 6.20 Å². The Hall–Kier alpha value is -1.17. The molecule has 0 aliphatic rings. The lowest BCUT2D eigenvalue weighted by molar-refractivity contribution is 0.0982. The Morgan fingerprint density at radius 1 is 1.41 bits per heavy atom. The summed E-state index contributed by atoms with van der Waals surface area (Å²) in [6, 6.07) is 7.68. The summed E-state index contributed by atoms with van der Waals surface area (Å²) in [6.45, 7) is 0. The first-order valence-corrected chi connectivity index (χ1v) is 6.50. The van der Waals surface area contributed by atoms with Crippen LogP contribution in [-0.2, 0) is 13.5 Å². The van der Waals surface area contributed by atoms with Gasteiger partial charge >= 0.3 is 0 Å². The fourth-order valence-electron chi connectivity index (χ4n) is 1.68. The average Bonchev–Trinajstić information content (AvgIpc) is 2.73. The van der Waals surface area contributed by atoms with Gasteiger partial charge in [-0.1, -0.05) is 18.2 Å². The van der Waals surface area contributed by atoms with E-state index in [2.05, 4.69) is 27.7 Å². The molecular formula is C13H13IN2O. The molecule has 17 heavy (non-hydrogen) atoms. The van der Waals surface area contributed by atoms with E-state index in [0.29, 0.717) is 6.42 Å². The highest BCUT2D eigenvalue weighted by Crippen LogP contribution is 2.14. The predicted molar refractivity (Wildman–Crippen MR) is 75.0 cm³/mol. The summed E-state index contributed by atoms with van der Waals surface area (Å²) in [5.74, 6) is 0.193. The predicted octanol–water partition coefficient (Wildman–Crippen LogP) is 2.84. The third kappa shape index (κ3) is 3.15. The van der Waals surface area contributed by atoms with Gasteiger partial charge in [0, 0.05) is 28.8 Å². The number of hydrogen-bond acceptors (Lipinski definition) is 2. The van der Waals surface area contributed by atoms with Crippen LogP contribution >= 0.6 is 22.6 Å². The van der Waals surface area contributed by atoms with E-state index >= 15 is 0 Å². The Kier molecular flexibility index (Phi) is 3.93. The van der Waals surface area contributed by atoms with Crippen molar-refractivity contribution in [1.82, 2.24) is 9.78 Å². The molecule has 0 amide bonds. The normalized spacial score (nSPS) is 10.5. The molecule has 2 rings (SSSR count). The van der Waals surface area contributed by atoms with Gasteiger partial charge in [-0.2, -0.15) is 5.10 Å². The molecule has 0 saturated carbocycles. The minimum absolute atomic E-state index is 0.193. The van der Waals surface area contributed by atoms with E-state index in [1.807, 2.05) is 43.7 Å². The summed E-state index contributed by atoms with van der Waals surface area (Å²) >= 11 is 2.20. The second kappa shape index (κ2) is 5.44. The second-order valence-electron chi connectivity index (χ2n) is 3.93. The molecule has 1 heterocycles. The smallest absolute Gasteiger partial charge is 0.164 e. The zero-order valence-electron chi connectivity index (χ0n) is 9.56. The lowest BCUT2D eigenvalue weighted by Crippen LogP contribution is -2.03. The van der Waals surface area contributed by atoms with Gasteiger partial charge in [-0.05, 0) is 40.6 Å². The van der Waals surface area contributed by atoms with Crippen LogP contribution in [0.4, 0.5) is 0 Å². The van der Waals surface area contributed by atoms with Crippen LogP contribution in [0.15, 0.2) is 36.7 Å². The zero-order chi connectivity index (χ0) is 12.3. The van der Waals surface area contributed by atoms with E-state index < -0.39 is 0 Å². The van der Waals surface area contributed by atoms with Crippen molar-refractivity contribution in [2.75, 3.05) is 0 Å².